The van der Waals surface area contributed by atoms with Crippen LogP contribution in [0.3, 0.4) is 0 Å². The summed E-state index contributed by atoms with van der Waals surface area (Å²) in [4.78, 5) is 0. The molecule has 0 saturated heterocycles. The highest BCUT2D eigenvalue weighted by Crippen LogP contribution is 2.22. The number of hydrogen-bond acceptors (Lipinski definition) is 1. The maximum Gasteiger partial charge on any atom is 0.389 e. The van der Waals surface area contributed by atoms with E-state index in [2.05, 4.69) is 26.1 Å². The zero-order chi connectivity index (χ0) is 12.7. The third-order valence-corrected chi connectivity index (χ3v) is 1.96. The number of rotatable bonds is 6. The van der Waals surface area contributed by atoms with E-state index >= 15 is 0 Å². The van der Waals surface area contributed by atoms with Crippen LogP contribution in [0.25, 0.3) is 0 Å². The largest absolute Gasteiger partial charge is 0.389 e. The molecule has 0 atom stereocenters. The van der Waals surface area contributed by atoms with Gasteiger partial charge in [-0.15, -0.1) is 0 Å². The second-order valence-electron chi connectivity index (χ2n) is 4.94. The molecule has 0 bridgehead atoms. The first-order valence-electron chi connectivity index (χ1n) is 5.67. The van der Waals surface area contributed by atoms with Crippen molar-refractivity contribution in [3.05, 3.63) is 12.2 Å². The molecule has 0 aromatic rings. The van der Waals surface area contributed by atoms with E-state index < -0.39 is 12.6 Å². The molecule has 0 radical (unpaired) electrons. The van der Waals surface area contributed by atoms with Crippen molar-refractivity contribution in [1.82, 2.24) is 5.32 Å². The van der Waals surface area contributed by atoms with Crippen LogP contribution in [0.1, 0.15) is 46.5 Å². The van der Waals surface area contributed by atoms with Gasteiger partial charge in [0.25, 0.3) is 0 Å². The van der Waals surface area contributed by atoms with Crippen LogP contribution in [0, 0.1) is 0 Å². The topological polar surface area (TPSA) is 12.0 Å². The van der Waals surface area contributed by atoms with Crippen LogP contribution in [0.4, 0.5) is 13.2 Å². The predicted molar refractivity (Wildman–Crippen MR) is 61.4 cm³/mol. The Hall–Kier alpha value is -0.510. The van der Waals surface area contributed by atoms with Crippen molar-refractivity contribution in [2.24, 2.45) is 0 Å². The molecule has 4 heteroatoms. The second kappa shape index (κ2) is 6.94. The summed E-state index contributed by atoms with van der Waals surface area (Å²) >= 11 is 0. The van der Waals surface area contributed by atoms with E-state index in [-0.39, 0.29) is 12.0 Å². The van der Waals surface area contributed by atoms with E-state index in [9.17, 15) is 13.2 Å². The summed E-state index contributed by atoms with van der Waals surface area (Å²) in [5.41, 5.74) is 0.101. The predicted octanol–water partition coefficient (Wildman–Crippen LogP) is 4.05. The minimum atomic E-state index is -4.01. The molecular formula is C12H22F3N. The Labute approximate surface area is 96.1 Å². The molecule has 0 saturated carbocycles. The molecule has 0 heterocycles. The Balaban J connectivity index is 3.36. The maximum atomic E-state index is 11.8. The molecule has 16 heavy (non-hydrogen) atoms. The van der Waals surface area contributed by atoms with Crippen molar-refractivity contribution in [2.45, 2.75) is 58.2 Å². The molecule has 0 amide bonds. The lowest BCUT2D eigenvalue weighted by atomic mass is 10.1. The number of nitrogens with one attached hydrogen (secondary N) is 1. The van der Waals surface area contributed by atoms with E-state index in [4.69, 9.17) is 0 Å². The van der Waals surface area contributed by atoms with Gasteiger partial charge in [-0.3, -0.25) is 0 Å². The van der Waals surface area contributed by atoms with E-state index in [0.29, 0.717) is 6.42 Å². The summed E-state index contributed by atoms with van der Waals surface area (Å²) in [6, 6.07) is 0. The SMILES string of the molecule is CC(C)(C)NCC/C=C/CCCC(F)(F)F. The van der Waals surface area contributed by atoms with E-state index in [0.717, 1.165) is 13.0 Å². The van der Waals surface area contributed by atoms with Crippen molar-refractivity contribution in [1.29, 1.82) is 0 Å². The molecule has 1 nitrogen and oxygen atoms in total. The third-order valence-electron chi connectivity index (χ3n) is 1.96. The average Bonchev–Trinajstić information content (AvgIpc) is 2.06. The Bertz CT molecular complexity index is 179. The molecular weight excluding hydrogens is 215 g/mol. The van der Waals surface area contributed by atoms with Crippen molar-refractivity contribution >= 4 is 0 Å². The van der Waals surface area contributed by atoms with Crippen molar-refractivity contribution in [3.8, 4) is 0 Å². The summed E-state index contributed by atoms with van der Waals surface area (Å²) < 4.78 is 35.3. The van der Waals surface area contributed by atoms with Crippen LogP contribution in [-0.4, -0.2) is 18.3 Å². The van der Waals surface area contributed by atoms with Gasteiger partial charge in [-0.1, -0.05) is 12.2 Å². The van der Waals surface area contributed by atoms with Gasteiger partial charge in [0.2, 0.25) is 0 Å². The van der Waals surface area contributed by atoms with E-state index in [1.165, 1.54) is 0 Å². The molecule has 0 fully saturated rings. The smallest absolute Gasteiger partial charge is 0.312 e. The fraction of sp³-hybridized carbons (Fsp3) is 0.833. The minimum Gasteiger partial charge on any atom is -0.312 e. The number of unbranched alkanes of at least 4 members (excludes halogenated alkanes) is 1. The fourth-order valence-electron chi connectivity index (χ4n) is 1.19. The highest BCUT2D eigenvalue weighted by Gasteiger charge is 2.25. The first-order chi connectivity index (χ1) is 7.21. The molecule has 1 N–H and O–H groups in total. The first kappa shape index (κ1) is 15.5. The molecule has 0 aromatic heterocycles. The minimum absolute atomic E-state index is 0.101. The normalized spacial score (nSPS) is 13.6. The van der Waals surface area contributed by atoms with Crippen LogP contribution < -0.4 is 5.32 Å². The second-order valence-corrected chi connectivity index (χ2v) is 4.94. The van der Waals surface area contributed by atoms with Crippen LogP contribution in [-0.2, 0) is 0 Å². The highest BCUT2D eigenvalue weighted by atomic mass is 19.4. The van der Waals surface area contributed by atoms with Gasteiger partial charge in [0.1, 0.15) is 0 Å². The van der Waals surface area contributed by atoms with Crippen LogP contribution >= 0.6 is 0 Å². The fourth-order valence-corrected chi connectivity index (χ4v) is 1.19. The Morgan fingerprint density at radius 3 is 2.06 bits per heavy atom. The molecule has 0 aliphatic carbocycles. The molecule has 0 spiro atoms. The molecule has 96 valence electrons. The van der Waals surface area contributed by atoms with Crippen molar-refractivity contribution < 1.29 is 13.2 Å². The Morgan fingerprint density at radius 2 is 1.56 bits per heavy atom. The Morgan fingerprint density at radius 1 is 1.00 bits per heavy atom. The molecule has 0 aromatic carbocycles. The number of halogens is 3. The van der Waals surface area contributed by atoms with E-state index in [1.54, 1.807) is 0 Å². The lowest BCUT2D eigenvalue weighted by Gasteiger charge is -2.19. The number of hydrogen-bond donors (Lipinski definition) is 1. The first-order valence-corrected chi connectivity index (χ1v) is 5.67. The lowest BCUT2D eigenvalue weighted by Crippen LogP contribution is -2.36. The van der Waals surface area contributed by atoms with Crippen molar-refractivity contribution in [3.63, 3.8) is 0 Å². The quantitative estimate of drug-likeness (QED) is 0.542. The van der Waals surface area contributed by atoms with Crippen molar-refractivity contribution in [2.75, 3.05) is 6.54 Å². The summed E-state index contributed by atoms with van der Waals surface area (Å²) in [6.07, 6.45) is 0.634. The van der Waals surface area contributed by atoms with Gasteiger partial charge in [-0.05, 0) is 46.6 Å². The van der Waals surface area contributed by atoms with Gasteiger partial charge in [-0.25, -0.2) is 0 Å². The highest BCUT2D eigenvalue weighted by molar-refractivity contribution is 4.83. The van der Waals surface area contributed by atoms with E-state index in [1.807, 2.05) is 12.2 Å². The maximum absolute atomic E-state index is 11.8. The van der Waals surface area contributed by atoms with Crippen LogP contribution in [0.15, 0.2) is 12.2 Å². The summed E-state index contributed by atoms with van der Waals surface area (Å²) in [5, 5.41) is 3.31. The molecule has 0 aliphatic heterocycles. The summed E-state index contributed by atoms with van der Waals surface area (Å²) in [6.45, 7) is 7.11. The number of alkyl halides is 3. The Kier molecular flexibility index (Phi) is 6.72. The zero-order valence-electron chi connectivity index (χ0n) is 10.3. The van der Waals surface area contributed by atoms with Gasteiger partial charge in [0.05, 0.1) is 0 Å². The van der Waals surface area contributed by atoms with Crippen LogP contribution in [0.2, 0.25) is 0 Å². The summed E-state index contributed by atoms with van der Waals surface area (Å²) in [5.74, 6) is 0. The van der Waals surface area contributed by atoms with Gasteiger partial charge >= 0.3 is 6.18 Å². The van der Waals surface area contributed by atoms with Gasteiger partial charge < -0.3 is 5.32 Å². The molecule has 0 rings (SSSR count). The average molecular weight is 237 g/mol. The molecule has 0 aliphatic rings. The van der Waals surface area contributed by atoms with Gasteiger partial charge in [0, 0.05) is 12.0 Å². The van der Waals surface area contributed by atoms with Crippen LogP contribution in [0.5, 0.6) is 0 Å². The monoisotopic (exact) mass is 237 g/mol. The zero-order valence-corrected chi connectivity index (χ0v) is 10.3. The number of allylic oxidation sites excluding steroid dienone is 1. The lowest BCUT2D eigenvalue weighted by molar-refractivity contribution is -0.135. The van der Waals surface area contributed by atoms with Gasteiger partial charge in [-0.2, -0.15) is 13.2 Å². The molecule has 0 unspecified atom stereocenters. The summed E-state index contributed by atoms with van der Waals surface area (Å²) in [7, 11) is 0. The third kappa shape index (κ3) is 13.5. The van der Waals surface area contributed by atoms with Gasteiger partial charge in [0.15, 0.2) is 0 Å². The standard InChI is InChI=1S/C12H22F3N/c1-11(2,3)16-10-8-6-4-5-7-9-12(13,14)15/h4,6,16H,5,7-10H2,1-3H3/b6-4+.